The van der Waals surface area contributed by atoms with Crippen molar-refractivity contribution in [1.82, 2.24) is 0 Å². The molecule has 0 atom stereocenters. The van der Waals surface area contributed by atoms with E-state index in [-0.39, 0.29) is 0 Å². The molecule has 0 aliphatic rings. The van der Waals surface area contributed by atoms with E-state index in [1.807, 2.05) is 36.4 Å². The summed E-state index contributed by atoms with van der Waals surface area (Å²) in [6.45, 7) is 0. The van der Waals surface area contributed by atoms with Crippen LogP contribution in [0.3, 0.4) is 0 Å². The van der Waals surface area contributed by atoms with Gasteiger partial charge in [-0.1, -0.05) is 97.1 Å². The molecule has 0 aliphatic heterocycles. The highest BCUT2D eigenvalue weighted by molar-refractivity contribution is 6.18. The van der Waals surface area contributed by atoms with Crippen molar-refractivity contribution in [2.45, 2.75) is 0 Å². The molecule has 0 aliphatic carbocycles. The van der Waals surface area contributed by atoms with Gasteiger partial charge in [0.15, 0.2) is 0 Å². The van der Waals surface area contributed by atoms with E-state index in [2.05, 4.69) is 102 Å². The summed E-state index contributed by atoms with van der Waals surface area (Å²) in [6.07, 6.45) is 0. The second-order valence-electron chi connectivity index (χ2n) is 8.63. The Hall–Kier alpha value is -4.54. The second-order valence-corrected chi connectivity index (χ2v) is 8.63. The monoisotopic (exact) mass is 464 g/mol. The van der Waals surface area contributed by atoms with Gasteiger partial charge in [0.2, 0.25) is 0 Å². The molecule has 0 bridgehead atoms. The first-order chi connectivity index (χ1) is 17.8. The molecule has 0 amide bonds. The highest BCUT2D eigenvalue weighted by Gasteiger charge is 2.17. The lowest BCUT2D eigenvalue weighted by molar-refractivity contribution is 0.457. The highest BCUT2D eigenvalue weighted by atomic mass is 16.5. The molecular weight excluding hydrogens is 441 g/mol. The van der Waals surface area contributed by atoms with Crippen LogP contribution in [0.5, 0.6) is 5.75 Å². The summed E-state index contributed by atoms with van der Waals surface area (Å²) in [6, 6.07) is 46.0. The molecule has 6 aromatic carbocycles. The quantitative estimate of drug-likeness (QED) is 0.253. The first-order valence-corrected chi connectivity index (χ1v) is 11.9. The van der Waals surface area contributed by atoms with Crippen LogP contribution >= 0.6 is 0 Å². The van der Waals surface area contributed by atoms with E-state index in [0.29, 0.717) is 5.75 Å². The molecule has 1 N–H and O–H groups in total. The molecule has 6 aromatic rings. The van der Waals surface area contributed by atoms with Gasteiger partial charge in [0, 0.05) is 22.1 Å². The number of hydrogen-bond acceptors (Lipinski definition) is 3. The first-order valence-electron chi connectivity index (χ1n) is 11.9. The van der Waals surface area contributed by atoms with Crippen molar-refractivity contribution < 1.29 is 9.68 Å². The van der Waals surface area contributed by atoms with Gasteiger partial charge in [0.05, 0.1) is 5.69 Å². The number of anilines is 3. The SMILES string of the molecule is O[B]Oc1ccc(N(c2ccc(-c3ccccc3)cc2)c2ccc3ccccc3c2)c2ccccc12. The van der Waals surface area contributed by atoms with Crippen LogP contribution in [0, 0.1) is 0 Å². The van der Waals surface area contributed by atoms with Gasteiger partial charge in [0.25, 0.3) is 0 Å². The van der Waals surface area contributed by atoms with Crippen LogP contribution in [0.1, 0.15) is 0 Å². The minimum Gasteiger partial charge on any atom is -0.537 e. The lowest BCUT2D eigenvalue weighted by Gasteiger charge is -2.28. The van der Waals surface area contributed by atoms with E-state index < -0.39 is 0 Å². The molecular formula is C32H23BNO2. The molecule has 0 heterocycles. The average molecular weight is 464 g/mol. The summed E-state index contributed by atoms with van der Waals surface area (Å²) in [4.78, 5) is 2.27. The number of nitrogens with zero attached hydrogens (tertiary/aromatic N) is 1. The molecule has 171 valence electrons. The molecule has 0 spiro atoms. The van der Waals surface area contributed by atoms with Crippen molar-refractivity contribution in [3.8, 4) is 16.9 Å². The van der Waals surface area contributed by atoms with Crippen LogP contribution in [0.2, 0.25) is 0 Å². The Morgan fingerprint density at radius 1 is 0.528 bits per heavy atom. The minimum absolute atomic E-state index is 0.606. The molecule has 0 saturated carbocycles. The van der Waals surface area contributed by atoms with E-state index in [0.717, 1.165) is 35.5 Å². The second kappa shape index (κ2) is 9.61. The Balaban J connectivity index is 1.55. The van der Waals surface area contributed by atoms with Crippen molar-refractivity contribution >= 4 is 46.3 Å². The molecule has 0 unspecified atom stereocenters. The lowest BCUT2D eigenvalue weighted by atomic mass is 10.0. The first kappa shape index (κ1) is 22.0. The maximum absolute atomic E-state index is 9.28. The maximum atomic E-state index is 9.28. The molecule has 0 saturated heterocycles. The molecule has 36 heavy (non-hydrogen) atoms. The van der Waals surface area contributed by atoms with Crippen LogP contribution in [0.4, 0.5) is 17.1 Å². The number of hydrogen-bond donors (Lipinski definition) is 1. The van der Waals surface area contributed by atoms with Gasteiger partial charge in [-0.2, -0.15) is 0 Å². The van der Waals surface area contributed by atoms with Crippen LogP contribution < -0.4 is 9.55 Å². The lowest BCUT2D eigenvalue weighted by Crippen LogP contribution is -2.11. The summed E-state index contributed by atoms with van der Waals surface area (Å²) in [5.74, 6) is 0.606. The van der Waals surface area contributed by atoms with E-state index >= 15 is 0 Å². The average Bonchev–Trinajstić information content (AvgIpc) is 2.95. The van der Waals surface area contributed by atoms with Gasteiger partial charge in [-0.25, -0.2) is 0 Å². The van der Waals surface area contributed by atoms with Crippen LogP contribution in [0.25, 0.3) is 32.7 Å². The molecule has 6 rings (SSSR count). The summed E-state index contributed by atoms with van der Waals surface area (Å²) in [5, 5.41) is 13.6. The van der Waals surface area contributed by atoms with Crippen LogP contribution in [-0.4, -0.2) is 12.7 Å². The molecule has 4 heteroatoms. The van der Waals surface area contributed by atoms with Crippen molar-refractivity contribution in [3.63, 3.8) is 0 Å². The fourth-order valence-electron chi connectivity index (χ4n) is 4.79. The Morgan fingerprint density at radius 2 is 1.17 bits per heavy atom. The van der Waals surface area contributed by atoms with E-state index in [1.165, 1.54) is 21.9 Å². The molecule has 1 radical (unpaired) electrons. The summed E-state index contributed by atoms with van der Waals surface area (Å²) in [5.41, 5.74) is 5.50. The van der Waals surface area contributed by atoms with Crippen molar-refractivity contribution in [2.24, 2.45) is 0 Å². The van der Waals surface area contributed by atoms with Gasteiger partial charge in [-0.3, -0.25) is 0 Å². The van der Waals surface area contributed by atoms with Crippen molar-refractivity contribution in [2.75, 3.05) is 4.90 Å². The number of benzene rings is 6. The Bertz CT molecular complexity index is 1650. The van der Waals surface area contributed by atoms with E-state index in [1.54, 1.807) is 0 Å². The third kappa shape index (κ3) is 4.08. The third-order valence-corrected chi connectivity index (χ3v) is 6.51. The van der Waals surface area contributed by atoms with Crippen LogP contribution in [-0.2, 0) is 0 Å². The fourth-order valence-corrected chi connectivity index (χ4v) is 4.79. The minimum atomic E-state index is 0.606. The smallest absolute Gasteiger partial charge is 0.537 e. The van der Waals surface area contributed by atoms with Crippen molar-refractivity contribution in [1.29, 1.82) is 0 Å². The predicted molar refractivity (Wildman–Crippen MR) is 150 cm³/mol. The Morgan fingerprint density at radius 3 is 1.94 bits per heavy atom. The maximum Gasteiger partial charge on any atom is 0.569 e. The predicted octanol–water partition coefficient (Wildman–Crippen LogP) is 8.04. The number of rotatable bonds is 6. The highest BCUT2D eigenvalue weighted by Crippen LogP contribution is 2.42. The number of fused-ring (bicyclic) bond motifs is 2. The summed E-state index contributed by atoms with van der Waals surface area (Å²) >= 11 is 0. The van der Waals surface area contributed by atoms with Crippen molar-refractivity contribution in [3.05, 3.63) is 133 Å². The zero-order chi connectivity index (χ0) is 24.3. The molecule has 0 fully saturated rings. The van der Waals surface area contributed by atoms with Gasteiger partial charge in [0.1, 0.15) is 5.75 Å². The van der Waals surface area contributed by atoms with Gasteiger partial charge in [-0.05, 0) is 58.3 Å². The zero-order valence-corrected chi connectivity index (χ0v) is 19.6. The van der Waals surface area contributed by atoms with Gasteiger partial charge < -0.3 is 14.6 Å². The summed E-state index contributed by atoms with van der Waals surface area (Å²) < 4.78 is 5.40. The van der Waals surface area contributed by atoms with E-state index in [4.69, 9.17) is 4.65 Å². The van der Waals surface area contributed by atoms with E-state index in [9.17, 15) is 5.02 Å². The van der Waals surface area contributed by atoms with Gasteiger partial charge in [-0.15, -0.1) is 0 Å². The third-order valence-electron chi connectivity index (χ3n) is 6.51. The Labute approximate surface area is 211 Å². The Kier molecular flexibility index (Phi) is 5.86. The zero-order valence-electron chi connectivity index (χ0n) is 19.6. The largest absolute Gasteiger partial charge is 0.569 e. The fraction of sp³-hybridized carbons (Fsp3) is 0. The van der Waals surface area contributed by atoms with Crippen LogP contribution in [0.15, 0.2) is 133 Å². The topological polar surface area (TPSA) is 32.7 Å². The molecule has 3 nitrogen and oxygen atoms in total. The normalized spacial score (nSPS) is 10.9. The molecule has 0 aromatic heterocycles. The van der Waals surface area contributed by atoms with Gasteiger partial charge >= 0.3 is 7.69 Å². The standard InChI is InChI=1S/C32H23BNO2/c35-33-36-32-21-20-31(29-12-6-7-13-30(29)32)34(28-19-16-24-10-4-5-11-26(24)22-28)27-17-14-25(15-18-27)23-8-2-1-3-9-23/h1-22,35H. The summed E-state index contributed by atoms with van der Waals surface area (Å²) in [7, 11) is 0.727.